The Morgan fingerprint density at radius 2 is 1.89 bits per heavy atom. The van der Waals surface area contributed by atoms with Crippen molar-refractivity contribution in [2.75, 3.05) is 11.4 Å². The van der Waals surface area contributed by atoms with Crippen molar-refractivity contribution in [2.24, 2.45) is 0 Å². The third-order valence-corrected chi connectivity index (χ3v) is 4.92. The standard InChI is InChI=1S/C17H15F3N4O2S/c1-3-23-15-9-6-12(10-14(15)21-16(23)17(18,19)20)22(2)27-13-7-4-11(5-8-13)24(25)26/h4-10H,3H2,1-2H3. The minimum atomic E-state index is -4.52. The number of alkyl halides is 3. The van der Waals surface area contributed by atoms with Crippen LogP contribution >= 0.6 is 11.9 Å². The fraction of sp³-hybridized carbons (Fsp3) is 0.235. The second-order valence-electron chi connectivity index (χ2n) is 5.69. The van der Waals surface area contributed by atoms with Gasteiger partial charge in [0.25, 0.3) is 5.69 Å². The maximum atomic E-state index is 13.2. The van der Waals surface area contributed by atoms with Crippen LogP contribution in [0.5, 0.6) is 0 Å². The quantitative estimate of drug-likeness (QED) is 0.340. The Morgan fingerprint density at radius 3 is 2.44 bits per heavy atom. The molecule has 3 aromatic rings. The Labute approximate surface area is 156 Å². The van der Waals surface area contributed by atoms with Crippen LogP contribution in [0.2, 0.25) is 0 Å². The van der Waals surface area contributed by atoms with E-state index in [0.29, 0.717) is 11.2 Å². The number of aromatic nitrogens is 2. The number of aryl methyl sites for hydroxylation is 1. The molecule has 0 aliphatic carbocycles. The molecule has 0 aliphatic rings. The summed E-state index contributed by atoms with van der Waals surface area (Å²) in [5, 5.41) is 10.7. The Kier molecular flexibility index (Phi) is 5.01. The van der Waals surface area contributed by atoms with Crippen molar-refractivity contribution in [3.8, 4) is 0 Å². The molecule has 0 unspecified atom stereocenters. The van der Waals surface area contributed by atoms with Crippen LogP contribution in [0.3, 0.4) is 0 Å². The van der Waals surface area contributed by atoms with Gasteiger partial charge in [0.1, 0.15) is 0 Å². The highest BCUT2D eigenvalue weighted by Gasteiger charge is 2.37. The predicted octanol–water partition coefficient (Wildman–Crippen LogP) is 5.13. The number of nitro benzene ring substituents is 1. The Bertz CT molecular complexity index is 986. The maximum Gasteiger partial charge on any atom is 0.449 e. The van der Waals surface area contributed by atoms with Crippen LogP contribution in [-0.2, 0) is 12.7 Å². The summed E-state index contributed by atoms with van der Waals surface area (Å²) in [5.74, 6) is -0.914. The van der Waals surface area contributed by atoms with Gasteiger partial charge in [-0.1, -0.05) is 0 Å². The van der Waals surface area contributed by atoms with Crippen LogP contribution < -0.4 is 4.31 Å². The van der Waals surface area contributed by atoms with Crippen LogP contribution in [0.15, 0.2) is 47.4 Å². The van der Waals surface area contributed by atoms with Crippen molar-refractivity contribution in [3.05, 3.63) is 58.4 Å². The molecule has 0 amide bonds. The van der Waals surface area contributed by atoms with E-state index in [1.165, 1.54) is 24.1 Å². The first-order valence-electron chi connectivity index (χ1n) is 7.94. The van der Waals surface area contributed by atoms with Gasteiger partial charge in [0.05, 0.1) is 16.0 Å². The van der Waals surface area contributed by atoms with Crippen molar-refractivity contribution in [3.63, 3.8) is 0 Å². The van der Waals surface area contributed by atoms with E-state index in [4.69, 9.17) is 0 Å². The van der Waals surface area contributed by atoms with Crippen LogP contribution in [0.25, 0.3) is 11.0 Å². The smallest absolute Gasteiger partial charge is 0.321 e. The first kappa shape index (κ1) is 19.0. The lowest BCUT2D eigenvalue weighted by atomic mass is 10.3. The van der Waals surface area contributed by atoms with Gasteiger partial charge in [0, 0.05) is 36.3 Å². The summed E-state index contributed by atoms with van der Waals surface area (Å²) in [6.07, 6.45) is -4.52. The molecular weight excluding hydrogens is 381 g/mol. The predicted molar refractivity (Wildman–Crippen MR) is 97.8 cm³/mol. The fourth-order valence-corrected chi connectivity index (χ4v) is 3.48. The highest BCUT2D eigenvalue weighted by molar-refractivity contribution is 8.00. The van der Waals surface area contributed by atoms with E-state index in [1.807, 2.05) is 0 Å². The van der Waals surface area contributed by atoms with Gasteiger partial charge >= 0.3 is 6.18 Å². The zero-order chi connectivity index (χ0) is 19.8. The molecule has 27 heavy (non-hydrogen) atoms. The molecule has 0 fully saturated rings. The molecule has 142 valence electrons. The van der Waals surface area contributed by atoms with Gasteiger partial charge in [0.2, 0.25) is 5.82 Å². The molecule has 0 atom stereocenters. The van der Waals surface area contributed by atoms with E-state index >= 15 is 0 Å². The van der Waals surface area contributed by atoms with Crippen LogP contribution in [-0.4, -0.2) is 21.5 Å². The maximum absolute atomic E-state index is 13.2. The molecule has 0 saturated heterocycles. The number of imidazole rings is 1. The number of hydrogen-bond acceptors (Lipinski definition) is 5. The molecule has 1 heterocycles. The number of benzene rings is 2. The molecule has 10 heteroatoms. The van der Waals surface area contributed by atoms with Gasteiger partial charge in [0.15, 0.2) is 0 Å². The average molecular weight is 396 g/mol. The first-order chi connectivity index (χ1) is 12.7. The number of halogens is 3. The van der Waals surface area contributed by atoms with Crippen molar-refractivity contribution in [1.29, 1.82) is 0 Å². The molecule has 2 aromatic carbocycles. The Morgan fingerprint density at radius 1 is 1.22 bits per heavy atom. The van der Waals surface area contributed by atoms with Crippen molar-refractivity contribution >= 4 is 34.4 Å². The zero-order valence-corrected chi connectivity index (χ0v) is 15.2. The third-order valence-electron chi connectivity index (χ3n) is 3.96. The molecule has 1 aromatic heterocycles. The molecule has 3 rings (SSSR count). The van der Waals surface area contributed by atoms with Gasteiger partial charge < -0.3 is 8.87 Å². The van der Waals surface area contributed by atoms with E-state index < -0.39 is 16.9 Å². The second kappa shape index (κ2) is 7.10. The van der Waals surface area contributed by atoms with Crippen molar-refractivity contribution in [1.82, 2.24) is 9.55 Å². The van der Waals surface area contributed by atoms with Crippen molar-refractivity contribution < 1.29 is 18.1 Å². The second-order valence-corrected chi connectivity index (χ2v) is 6.89. The van der Waals surface area contributed by atoms with E-state index in [-0.39, 0.29) is 17.7 Å². The summed E-state index contributed by atoms with van der Waals surface area (Å²) in [7, 11) is 1.76. The van der Waals surface area contributed by atoms with Gasteiger partial charge in [-0.25, -0.2) is 4.98 Å². The molecule has 0 bridgehead atoms. The molecule has 6 nitrogen and oxygen atoms in total. The number of anilines is 1. The lowest BCUT2D eigenvalue weighted by Crippen LogP contribution is -2.14. The van der Waals surface area contributed by atoms with Crippen LogP contribution in [0.4, 0.5) is 24.5 Å². The number of rotatable bonds is 5. The largest absolute Gasteiger partial charge is 0.449 e. The molecular formula is C17H15F3N4O2S. The summed E-state index contributed by atoms with van der Waals surface area (Å²) in [6, 6.07) is 11.0. The lowest BCUT2D eigenvalue weighted by Gasteiger charge is -2.17. The van der Waals surface area contributed by atoms with Crippen LogP contribution in [0.1, 0.15) is 12.7 Å². The fourth-order valence-electron chi connectivity index (χ4n) is 2.69. The molecule has 0 N–H and O–H groups in total. The Balaban J connectivity index is 1.89. The summed E-state index contributed by atoms with van der Waals surface area (Å²) in [5.41, 5.74) is 1.34. The number of hydrogen-bond donors (Lipinski definition) is 0. The summed E-state index contributed by atoms with van der Waals surface area (Å²) < 4.78 is 42.4. The summed E-state index contributed by atoms with van der Waals surface area (Å²) >= 11 is 1.30. The first-order valence-corrected chi connectivity index (χ1v) is 8.71. The highest BCUT2D eigenvalue weighted by Crippen LogP contribution is 2.34. The van der Waals surface area contributed by atoms with Gasteiger partial charge in [-0.3, -0.25) is 10.1 Å². The molecule has 0 spiro atoms. The Hall–Kier alpha value is -2.75. The van der Waals surface area contributed by atoms with Gasteiger partial charge in [-0.05, 0) is 49.2 Å². The minimum Gasteiger partial charge on any atom is -0.321 e. The highest BCUT2D eigenvalue weighted by atomic mass is 32.2. The van der Waals surface area contributed by atoms with Gasteiger partial charge in [-0.2, -0.15) is 13.2 Å². The van der Waals surface area contributed by atoms with Crippen LogP contribution in [0, 0.1) is 10.1 Å². The van der Waals surface area contributed by atoms with Gasteiger partial charge in [-0.15, -0.1) is 0 Å². The topological polar surface area (TPSA) is 64.2 Å². The van der Waals surface area contributed by atoms with E-state index in [0.717, 1.165) is 9.46 Å². The summed E-state index contributed by atoms with van der Waals surface area (Å²) in [4.78, 5) is 14.8. The molecule has 0 saturated carbocycles. The van der Waals surface area contributed by atoms with Crippen molar-refractivity contribution in [2.45, 2.75) is 24.5 Å². The molecule has 0 radical (unpaired) electrons. The zero-order valence-electron chi connectivity index (χ0n) is 14.4. The normalized spacial score (nSPS) is 11.7. The number of fused-ring (bicyclic) bond motifs is 1. The number of non-ortho nitro benzene ring substituents is 1. The molecule has 0 aliphatic heterocycles. The monoisotopic (exact) mass is 396 g/mol. The minimum absolute atomic E-state index is 0.00629. The lowest BCUT2D eigenvalue weighted by molar-refractivity contribution is -0.384. The van der Waals surface area contributed by atoms with E-state index in [2.05, 4.69) is 4.98 Å². The number of nitro groups is 1. The average Bonchev–Trinajstić information content (AvgIpc) is 3.00. The number of nitrogens with zero attached hydrogens (tertiary/aromatic N) is 4. The summed E-state index contributed by atoms with van der Waals surface area (Å²) in [6.45, 7) is 1.80. The third kappa shape index (κ3) is 3.85. The van der Waals surface area contributed by atoms with E-state index in [9.17, 15) is 23.3 Å². The van der Waals surface area contributed by atoms with E-state index in [1.54, 1.807) is 48.6 Å². The SMILES string of the molecule is CCn1c(C(F)(F)F)nc2cc(N(C)Sc3ccc([N+](=O)[O-])cc3)ccc21.